The Balaban J connectivity index is 3.12. The molecule has 0 amide bonds. The fraction of sp³-hybridized carbons (Fsp3) is 0. The molecule has 58 valence electrons. The number of hydrogen-bond acceptors (Lipinski definition) is 6. The molecule has 11 heavy (non-hydrogen) atoms. The molecule has 0 aliphatic carbocycles. The van der Waals surface area contributed by atoms with Crippen LogP contribution < -0.4 is 11.3 Å². The van der Waals surface area contributed by atoms with Crippen LogP contribution in [-0.2, 0) is 0 Å². The Morgan fingerprint density at radius 1 is 1.55 bits per heavy atom. The van der Waals surface area contributed by atoms with Crippen molar-refractivity contribution in [3.63, 3.8) is 0 Å². The third-order valence-corrected chi connectivity index (χ3v) is 0.989. The van der Waals surface area contributed by atoms with Crippen LogP contribution in [-0.4, -0.2) is 14.9 Å². The highest BCUT2D eigenvalue weighted by atomic mass is 16.6. The number of aromatic nitrogens is 2. The molecule has 1 aromatic heterocycles. The van der Waals surface area contributed by atoms with Crippen LogP contribution in [0.5, 0.6) is 0 Å². The molecule has 0 atom stereocenters. The topological polar surface area (TPSA) is 107 Å². The van der Waals surface area contributed by atoms with E-state index in [0.29, 0.717) is 0 Å². The summed E-state index contributed by atoms with van der Waals surface area (Å²) in [4.78, 5) is 16.5. The third kappa shape index (κ3) is 1.38. The third-order valence-electron chi connectivity index (χ3n) is 0.989. The number of hydrazine groups is 1. The van der Waals surface area contributed by atoms with Crippen LogP contribution in [0.2, 0.25) is 0 Å². The van der Waals surface area contributed by atoms with E-state index < -0.39 is 4.92 Å². The van der Waals surface area contributed by atoms with Crippen LogP contribution in [0.4, 0.5) is 11.6 Å². The van der Waals surface area contributed by atoms with Crippen LogP contribution in [0, 0.1) is 10.1 Å². The number of nitro groups is 1. The van der Waals surface area contributed by atoms with Crippen LogP contribution in [0.1, 0.15) is 0 Å². The summed E-state index contributed by atoms with van der Waals surface area (Å²) >= 11 is 0. The lowest BCUT2D eigenvalue weighted by Gasteiger charge is -1.96. The number of nitrogens with one attached hydrogen (secondary N) is 1. The number of hydrogen-bond donors (Lipinski definition) is 2. The van der Waals surface area contributed by atoms with Gasteiger partial charge in [0.1, 0.15) is 0 Å². The Labute approximate surface area is 61.4 Å². The average molecular weight is 155 g/mol. The smallest absolute Gasteiger partial charge is 0.358 e. The minimum atomic E-state index is -0.664. The predicted octanol–water partition coefficient (Wildman–Crippen LogP) is -0.330. The zero-order valence-corrected chi connectivity index (χ0v) is 5.39. The van der Waals surface area contributed by atoms with Crippen molar-refractivity contribution < 1.29 is 4.92 Å². The van der Waals surface area contributed by atoms with Crippen LogP contribution in [0.15, 0.2) is 12.4 Å². The Bertz CT molecular complexity index is 275. The van der Waals surface area contributed by atoms with Gasteiger partial charge >= 0.3 is 5.82 Å². The second-order valence-corrected chi connectivity index (χ2v) is 1.63. The molecule has 0 fully saturated rings. The van der Waals surface area contributed by atoms with Crippen molar-refractivity contribution in [2.24, 2.45) is 5.84 Å². The lowest BCUT2D eigenvalue weighted by atomic mass is 10.6. The van der Waals surface area contributed by atoms with Gasteiger partial charge in [-0.3, -0.25) is 0 Å². The molecule has 3 N–H and O–H groups in total. The first kappa shape index (κ1) is 7.35. The van der Waals surface area contributed by atoms with E-state index in [1.807, 2.05) is 0 Å². The Morgan fingerprint density at radius 2 is 2.18 bits per heavy atom. The SMILES string of the molecule is NNc1nccnc1[N+](=O)[O-]. The van der Waals surface area contributed by atoms with Crippen molar-refractivity contribution in [2.75, 3.05) is 5.43 Å². The summed E-state index contributed by atoms with van der Waals surface area (Å²) in [6.45, 7) is 0. The van der Waals surface area contributed by atoms with Gasteiger partial charge < -0.3 is 15.5 Å². The highest BCUT2D eigenvalue weighted by Gasteiger charge is 2.13. The number of nitrogen functional groups attached to an aromatic ring is 1. The van der Waals surface area contributed by atoms with E-state index in [-0.39, 0.29) is 11.6 Å². The highest BCUT2D eigenvalue weighted by Crippen LogP contribution is 2.14. The van der Waals surface area contributed by atoms with Crippen LogP contribution >= 0.6 is 0 Å². The van der Waals surface area contributed by atoms with Crippen molar-refractivity contribution in [3.8, 4) is 0 Å². The maximum Gasteiger partial charge on any atom is 0.407 e. The minimum Gasteiger partial charge on any atom is -0.358 e. The number of nitrogens with zero attached hydrogens (tertiary/aromatic N) is 3. The van der Waals surface area contributed by atoms with Gasteiger partial charge in [-0.25, -0.2) is 10.8 Å². The molecule has 0 saturated carbocycles. The quantitative estimate of drug-likeness (QED) is 0.344. The Kier molecular flexibility index (Phi) is 1.93. The monoisotopic (exact) mass is 155 g/mol. The first-order chi connectivity index (χ1) is 5.25. The van der Waals surface area contributed by atoms with Crippen LogP contribution in [0.3, 0.4) is 0 Å². The summed E-state index contributed by atoms with van der Waals surface area (Å²) in [5.41, 5.74) is 2.06. The standard InChI is InChI=1S/C4H5N5O2/c5-8-3-4(9(10)11)7-2-1-6-3/h1-2H,5H2,(H,6,8). The van der Waals surface area contributed by atoms with Crippen molar-refractivity contribution >= 4 is 11.6 Å². The molecule has 7 nitrogen and oxygen atoms in total. The van der Waals surface area contributed by atoms with Crippen molar-refractivity contribution in [2.45, 2.75) is 0 Å². The largest absolute Gasteiger partial charge is 0.407 e. The second kappa shape index (κ2) is 2.88. The molecule has 1 heterocycles. The summed E-state index contributed by atoms with van der Waals surface area (Å²) in [7, 11) is 0. The Hall–Kier alpha value is -1.76. The van der Waals surface area contributed by atoms with E-state index in [2.05, 4.69) is 15.4 Å². The fourth-order valence-electron chi connectivity index (χ4n) is 0.566. The average Bonchev–Trinajstić information content (AvgIpc) is 2.04. The van der Waals surface area contributed by atoms with Gasteiger partial charge in [0, 0.05) is 0 Å². The molecule has 0 aliphatic rings. The second-order valence-electron chi connectivity index (χ2n) is 1.63. The lowest BCUT2D eigenvalue weighted by Crippen LogP contribution is -2.11. The van der Waals surface area contributed by atoms with E-state index in [1.165, 1.54) is 12.4 Å². The molecule has 0 aromatic carbocycles. The van der Waals surface area contributed by atoms with Gasteiger partial charge in [-0.15, -0.1) is 0 Å². The summed E-state index contributed by atoms with van der Waals surface area (Å²) in [5.74, 6) is 4.51. The summed E-state index contributed by atoms with van der Waals surface area (Å²) in [6, 6.07) is 0. The molecule has 7 heteroatoms. The van der Waals surface area contributed by atoms with Crippen LogP contribution in [0.25, 0.3) is 0 Å². The summed E-state index contributed by atoms with van der Waals surface area (Å²) < 4.78 is 0. The molecule has 0 spiro atoms. The molecular formula is C4H5N5O2. The minimum absolute atomic E-state index is 0.0440. The van der Waals surface area contributed by atoms with Gasteiger partial charge in [-0.05, 0) is 9.91 Å². The first-order valence-electron chi connectivity index (χ1n) is 2.67. The molecule has 0 radical (unpaired) electrons. The molecular weight excluding hydrogens is 150 g/mol. The van der Waals surface area contributed by atoms with Crippen molar-refractivity contribution in [3.05, 3.63) is 22.5 Å². The molecule has 0 bridgehead atoms. The normalized spacial score (nSPS) is 9.18. The van der Waals surface area contributed by atoms with Gasteiger partial charge in [0.05, 0.1) is 6.20 Å². The first-order valence-corrected chi connectivity index (χ1v) is 2.67. The number of rotatable bonds is 2. The lowest BCUT2D eigenvalue weighted by molar-refractivity contribution is -0.388. The Morgan fingerprint density at radius 3 is 2.64 bits per heavy atom. The number of anilines is 1. The van der Waals surface area contributed by atoms with Gasteiger partial charge in [0.15, 0.2) is 6.20 Å². The maximum absolute atomic E-state index is 10.2. The maximum atomic E-state index is 10.2. The van der Waals surface area contributed by atoms with Gasteiger partial charge in [-0.1, -0.05) is 0 Å². The van der Waals surface area contributed by atoms with Gasteiger partial charge in [-0.2, -0.15) is 0 Å². The molecule has 0 unspecified atom stereocenters. The van der Waals surface area contributed by atoms with Gasteiger partial charge in [0.25, 0.3) is 0 Å². The van der Waals surface area contributed by atoms with E-state index in [9.17, 15) is 10.1 Å². The predicted molar refractivity (Wildman–Crippen MR) is 36.5 cm³/mol. The zero-order chi connectivity index (χ0) is 8.27. The summed E-state index contributed by atoms with van der Waals surface area (Å²) in [6.07, 6.45) is 2.53. The molecule has 1 rings (SSSR count). The van der Waals surface area contributed by atoms with Crippen molar-refractivity contribution in [1.82, 2.24) is 9.97 Å². The van der Waals surface area contributed by atoms with Crippen molar-refractivity contribution in [1.29, 1.82) is 0 Å². The molecule has 1 aromatic rings. The fourth-order valence-corrected chi connectivity index (χ4v) is 0.566. The van der Waals surface area contributed by atoms with Gasteiger partial charge in [0.2, 0.25) is 5.82 Å². The number of nitrogens with two attached hydrogens (primary N) is 1. The molecule has 0 saturated heterocycles. The zero-order valence-electron chi connectivity index (χ0n) is 5.39. The molecule has 0 aliphatic heterocycles. The van der Waals surface area contributed by atoms with E-state index in [1.54, 1.807) is 0 Å². The highest BCUT2D eigenvalue weighted by molar-refractivity contribution is 5.48. The van der Waals surface area contributed by atoms with E-state index in [4.69, 9.17) is 5.84 Å². The van der Waals surface area contributed by atoms with E-state index in [0.717, 1.165) is 0 Å². The summed E-state index contributed by atoms with van der Waals surface area (Å²) in [5, 5.41) is 10.2. The van der Waals surface area contributed by atoms with E-state index >= 15 is 0 Å².